The fraction of sp³-hybridized carbons (Fsp3) is 0.217. The molecule has 154 valence electrons. The number of aromatic nitrogens is 2. The molecule has 0 fully saturated rings. The third kappa shape index (κ3) is 4.26. The van der Waals surface area contributed by atoms with Crippen LogP contribution in [0, 0.1) is 0 Å². The maximum atomic E-state index is 12.8. The molecule has 0 atom stereocenters. The molecule has 1 amide bonds. The molecule has 30 heavy (non-hydrogen) atoms. The Kier molecular flexibility index (Phi) is 5.90. The van der Waals surface area contributed by atoms with E-state index < -0.39 is 0 Å². The average Bonchev–Trinajstić information content (AvgIpc) is 3.38. The van der Waals surface area contributed by atoms with Crippen LogP contribution in [0.2, 0.25) is 0 Å². The molecule has 0 unspecified atom stereocenters. The van der Waals surface area contributed by atoms with Gasteiger partial charge in [0.2, 0.25) is 0 Å². The molecule has 2 aromatic carbocycles. The fourth-order valence-electron chi connectivity index (χ4n) is 3.28. The number of furan rings is 1. The second-order valence-electron chi connectivity index (χ2n) is 6.98. The van der Waals surface area contributed by atoms with Crippen LogP contribution in [0.25, 0.3) is 10.8 Å². The van der Waals surface area contributed by atoms with Crippen LogP contribution < -0.4 is 4.74 Å². The Morgan fingerprint density at radius 3 is 2.77 bits per heavy atom. The number of halogens is 1. The van der Waals surface area contributed by atoms with Crippen LogP contribution >= 0.6 is 15.9 Å². The number of aryl methyl sites for hydroxylation is 1. The zero-order chi connectivity index (χ0) is 21.1. The quantitative estimate of drug-likeness (QED) is 0.371. The summed E-state index contributed by atoms with van der Waals surface area (Å²) in [6, 6.07) is 17.5. The first-order valence-corrected chi connectivity index (χ1v) is 10.5. The standard InChI is InChI=1S/C23H22BrN3O3/c1-3-27-21(20(24)13-25-27)14-26(2)23(28)22-11-10-19(30-22)15-29-18-9-8-16-6-4-5-7-17(16)12-18/h4-13H,3,14-15H2,1-2H3. The van der Waals surface area contributed by atoms with Crippen LogP contribution in [-0.4, -0.2) is 27.6 Å². The Hall–Kier alpha value is -3.06. The highest BCUT2D eigenvalue weighted by atomic mass is 79.9. The molecule has 0 spiro atoms. The molecule has 0 aliphatic rings. The van der Waals surface area contributed by atoms with Crippen LogP contribution in [0.15, 0.2) is 69.7 Å². The summed E-state index contributed by atoms with van der Waals surface area (Å²) in [5.74, 6) is 1.45. The van der Waals surface area contributed by atoms with E-state index in [-0.39, 0.29) is 18.3 Å². The summed E-state index contributed by atoms with van der Waals surface area (Å²) in [5.41, 5.74) is 0.944. The number of hydrogen-bond acceptors (Lipinski definition) is 4. The third-order valence-corrected chi connectivity index (χ3v) is 5.57. The van der Waals surface area contributed by atoms with Crippen molar-refractivity contribution in [1.82, 2.24) is 14.7 Å². The van der Waals surface area contributed by atoms with E-state index in [1.807, 2.05) is 48.0 Å². The molecule has 2 aromatic heterocycles. The Labute approximate surface area is 183 Å². The van der Waals surface area contributed by atoms with Gasteiger partial charge in [-0.05, 0) is 57.9 Å². The molecule has 7 heteroatoms. The van der Waals surface area contributed by atoms with Crippen molar-refractivity contribution in [2.45, 2.75) is 26.6 Å². The normalized spacial score (nSPS) is 11.0. The minimum Gasteiger partial charge on any atom is -0.486 e. The van der Waals surface area contributed by atoms with E-state index in [1.165, 1.54) is 0 Å². The van der Waals surface area contributed by atoms with Gasteiger partial charge in [0.25, 0.3) is 5.91 Å². The van der Waals surface area contributed by atoms with Crippen LogP contribution in [-0.2, 0) is 19.7 Å². The molecule has 4 rings (SSSR count). The number of carbonyl (C=O) groups excluding carboxylic acids is 1. The second-order valence-corrected chi connectivity index (χ2v) is 7.83. The molecule has 0 saturated heterocycles. The molecular weight excluding hydrogens is 446 g/mol. The van der Waals surface area contributed by atoms with Crippen molar-refractivity contribution in [2.24, 2.45) is 0 Å². The highest BCUT2D eigenvalue weighted by Crippen LogP contribution is 2.22. The zero-order valence-corrected chi connectivity index (χ0v) is 18.4. The van der Waals surface area contributed by atoms with Gasteiger partial charge in [0, 0.05) is 13.6 Å². The van der Waals surface area contributed by atoms with Crippen molar-refractivity contribution >= 4 is 32.6 Å². The summed E-state index contributed by atoms with van der Waals surface area (Å²) in [4.78, 5) is 14.4. The van der Waals surface area contributed by atoms with E-state index in [9.17, 15) is 4.79 Å². The van der Waals surface area contributed by atoms with Gasteiger partial charge in [0.05, 0.1) is 22.9 Å². The molecule has 6 nitrogen and oxygen atoms in total. The summed E-state index contributed by atoms with van der Waals surface area (Å²) < 4.78 is 14.3. The Morgan fingerprint density at radius 2 is 1.97 bits per heavy atom. The number of ether oxygens (including phenoxy) is 1. The first kappa shape index (κ1) is 20.2. The molecule has 0 N–H and O–H groups in total. The maximum Gasteiger partial charge on any atom is 0.289 e. The Balaban J connectivity index is 1.40. The van der Waals surface area contributed by atoms with Crippen LogP contribution in [0.3, 0.4) is 0 Å². The topological polar surface area (TPSA) is 60.5 Å². The lowest BCUT2D eigenvalue weighted by molar-refractivity contribution is 0.0745. The van der Waals surface area contributed by atoms with E-state index in [1.54, 1.807) is 30.3 Å². The van der Waals surface area contributed by atoms with Gasteiger partial charge in [-0.3, -0.25) is 9.48 Å². The van der Waals surface area contributed by atoms with E-state index in [2.05, 4.69) is 27.1 Å². The minimum absolute atomic E-state index is 0.192. The van der Waals surface area contributed by atoms with Gasteiger partial charge in [-0.15, -0.1) is 0 Å². The molecule has 0 bridgehead atoms. The number of rotatable bonds is 7. The Morgan fingerprint density at radius 1 is 1.17 bits per heavy atom. The van der Waals surface area contributed by atoms with Crippen molar-refractivity contribution in [3.8, 4) is 5.75 Å². The monoisotopic (exact) mass is 467 g/mol. The first-order valence-electron chi connectivity index (χ1n) is 9.71. The van der Waals surface area contributed by atoms with Gasteiger partial charge in [0.15, 0.2) is 5.76 Å². The SMILES string of the molecule is CCn1ncc(Br)c1CN(C)C(=O)c1ccc(COc2ccc3ccccc3c2)o1. The molecule has 4 aromatic rings. The largest absolute Gasteiger partial charge is 0.486 e. The molecule has 0 saturated carbocycles. The van der Waals surface area contributed by atoms with Crippen LogP contribution in [0.4, 0.5) is 0 Å². The van der Waals surface area contributed by atoms with Crippen molar-refractivity contribution in [3.05, 3.63) is 82.5 Å². The van der Waals surface area contributed by atoms with Gasteiger partial charge in [0.1, 0.15) is 18.1 Å². The summed E-state index contributed by atoms with van der Waals surface area (Å²) in [6.07, 6.45) is 1.74. The number of nitrogens with zero attached hydrogens (tertiary/aromatic N) is 3. The van der Waals surface area contributed by atoms with Crippen molar-refractivity contribution < 1.29 is 13.9 Å². The van der Waals surface area contributed by atoms with Crippen LogP contribution in [0.5, 0.6) is 5.75 Å². The predicted octanol–water partition coefficient (Wildman–Crippen LogP) is 5.26. The predicted molar refractivity (Wildman–Crippen MR) is 118 cm³/mol. The smallest absolute Gasteiger partial charge is 0.289 e. The van der Waals surface area contributed by atoms with Gasteiger partial charge >= 0.3 is 0 Å². The van der Waals surface area contributed by atoms with E-state index in [0.29, 0.717) is 12.3 Å². The molecule has 2 heterocycles. The van der Waals surface area contributed by atoms with Gasteiger partial charge in [-0.25, -0.2) is 0 Å². The Bertz CT molecular complexity index is 1180. The third-order valence-electron chi connectivity index (χ3n) is 4.91. The van der Waals surface area contributed by atoms with Crippen molar-refractivity contribution in [1.29, 1.82) is 0 Å². The molecule has 0 radical (unpaired) electrons. The summed E-state index contributed by atoms with van der Waals surface area (Å²) >= 11 is 3.49. The lowest BCUT2D eigenvalue weighted by atomic mass is 10.1. The molecule has 0 aliphatic carbocycles. The summed E-state index contributed by atoms with van der Waals surface area (Å²) in [5, 5.41) is 6.56. The number of carbonyl (C=O) groups is 1. The minimum atomic E-state index is -0.192. The van der Waals surface area contributed by atoms with Gasteiger partial charge in [-0.2, -0.15) is 5.10 Å². The van der Waals surface area contributed by atoms with Gasteiger partial charge in [-0.1, -0.05) is 30.3 Å². The van der Waals surface area contributed by atoms with E-state index in [0.717, 1.165) is 33.2 Å². The van der Waals surface area contributed by atoms with Crippen LogP contribution in [0.1, 0.15) is 28.9 Å². The number of benzene rings is 2. The van der Waals surface area contributed by atoms with Crippen molar-refractivity contribution in [2.75, 3.05) is 7.05 Å². The lowest BCUT2D eigenvalue weighted by Crippen LogP contribution is -2.27. The summed E-state index contributed by atoms with van der Waals surface area (Å²) in [7, 11) is 1.75. The average molecular weight is 468 g/mol. The fourth-order valence-corrected chi connectivity index (χ4v) is 3.71. The second kappa shape index (κ2) is 8.75. The summed E-state index contributed by atoms with van der Waals surface area (Å²) in [6.45, 7) is 3.43. The number of amides is 1. The zero-order valence-electron chi connectivity index (χ0n) is 16.8. The molecule has 0 aliphatic heterocycles. The van der Waals surface area contributed by atoms with E-state index in [4.69, 9.17) is 9.15 Å². The number of hydrogen-bond donors (Lipinski definition) is 0. The highest BCUT2D eigenvalue weighted by molar-refractivity contribution is 9.10. The first-order chi connectivity index (χ1) is 14.5. The van der Waals surface area contributed by atoms with Gasteiger partial charge < -0.3 is 14.1 Å². The maximum absolute atomic E-state index is 12.8. The van der Waals surface area contributed by atoms with E-state index >= 15 is 0 Å². The van der Waals surface area contributed by atoms with Crippen molar-refractivity contribution in [3.63, 3.8) is 0 Å². The lowest BCUT2D eigenvalue weighted by Gasteiger charge is -2.17. The number of fused-ring (bicyclic) bond motifs is 1. The highest BCUT2D eigenvalue weighted by Gasteiger charge is 2.19. The molecular formula is C23H22BrN3O3.